The molecule has 33 heavy (non-hydrogen) atoms. The van der Waals surface area contributed by atoms with Crippen LogP contribution in [-0.2, 0) is 19.1 Å². The second kappa shape index (κ2) is 10.0. The van der Waals surface area contributed by atoms with Crippen LogP contribution in [0.25, 0.3) is 11.1 Å². The highest BCUT2D eigenvalue weighted by molar-refractivity contribution is 5.89. The number of amides is 2. The first-order chi connectivity index (χ1) is 15.9. The number of hydrogen-bond donors (Lipinski definition) is 4. The van der Waals surface area contributed by atoms with Gasteiger partial charge in [-0.15, -0.1) is 0 Å². The fourth-order valence-electron chi connectivity index (χ4n) is 4.34. The van der Waals surface area contributed by atoms with Crippen molar-refractivity contribution in [1.29, 1.82) is 0 Å². The van der Waals surface area contributed by atoms with Crippen LogP contribution < -0.4 is 10.6 Å². The number of aliphatic carboxylic acids is 1. The van der Waals surface area contributed by atoms with E-state index in [0.717, 1.165) is 22.3 Å². The van der Waals surface area contributed by atoms with Gasteiger partial charge in [0.25, 0.3) is 0 Å². The Balaban J connectivity index is 1.40. The molecule has 2 amide bonds. The summed E-state index contributed by atoms with van der Waals surface area (Å²) >= 11 is 0. The summed E-state index contributed by atoms with van der Waals surface area (Å²) in [6, 6.07) is 13.9. The lowest BCUT2D eigenvalue weighted by Gasteiger charge is -2.29. The Bertz CT molecular complexity index is 995. The van der Waals surface area contributed by atoms with Gasteiger partial charge < -0.3 is 30.3 Å². The lowest BCUT2D eigenvalue weighted by Crippen LogP contribution is -2.55. The summed E-state index contributed by atoms with van der Waals surface area (Å²) < 4.78 is 10.5. The predicted molar refractivity (Wildman–Crippen MR) is 118 cm³/mol. The quantitative estimate of drug-likeness (QED) is 0.500. The van der Waals surface area contributed by atoms with Gasteiger partial charge in [-0.3, -0.25) is 9.59 Å². The Morgan fingerprint density at radius 1 is 1.06 bits per heavy atom. The second-order valence-corrected chi connectivity index (χ2v) is 8.17. The molecule has 174 valence electrons. The van der Waals surface area contributed by atoms with E-state index in [1.807, 2.05) is 48.5 Å². The first-order valence-corrected chi connectivity index (χ1v) is 10.8. The lowest BCUT2D eigenvalue weighted by molar-refractivity contribution is -0.140. The van der Waals surface area contributed by atoms with Gasteiger partial charge in [-0.05, 0) is 28.7 Å². The maximum Gasteiger partial charge on any atom is 0.407 e. The molecule has 2 aromatic carbocycles. The Labute approximate surface area is 190 Å². The largest absolute Gasteiger partial charge is 0.481 e. The number of alkyl carbamates (subject to hydrolysis) is 1. The highest BCUT2D eigenvalue weighted by atomic mass is 16.5. The average molecular weight is 454 g/mol. The summed E-state index contributed by atoms with van der Waals surface area (Å²) in [7, 11) is 0. The van der Waals surface area contributed by atoms with E-state index in [1.165, 1.54) is 0 Å². The molecule has 4 N–H and O–H groups in total. The Morgan fingerprint density at radius 3 is 2.30 bits per heavy atom. The molecule has 1 saturated heterocycles. The number of aliphatic hydroxyl groups excluding tert-OH is 1. The van der Waals surface area contributed by atoms with Crippen LogP contribution >= 0.6 is 0 Å². The van der Waals surface area contributed by atoms with Crippen LogP contribution in [0, 0.1) is 0 Å². The Morgan fingerprint density at radius 2 is 1.70 bits per heavy atom. The van der Waals surface area contributed by atoms with Gasteiger partial charge in [0.1, 0.15) is 12.6 Å². The molecule has 3 unspecified atom stereocenters. The van der Waals surface area contributed by atoms with Gasteiger partial charge in [0.05, 0.1) is 25.2 Å². The maximum absolute atomic E-state index is 12.6. The van der Waals surface area contributed by atoms with E-state index in [-0.39, 0.29) is 19.1 Å². The molecule has 0 bridgehead atoms. The number of benzene rings is 2. The average Bonchev–Trinajstić information content (AvgIpc) is 3.12. The first-order valence-electron chi connectivity index (χ1n) is 10.8. The summed E-state index contributed by atoms with van der Waals surface area (Å²) in [6.07, 6.45) is -2.01. The minimum atomic E-state index is -1.34. The van der Waals surface area contributed by atoms with E-state index >= 15 is 0 Å². The number of nitrogens with one attached hydrogen (secondary N) is 2. The molecule has 0 radical (unpaired) electrons. The fraction of sp³-hybridized carbons (Fsp3) is 0.375. The second-order valence-electron chi connectivity index (χ2n) is 8.17. The molecule has 2 aliphatic rings. The van der Waals surface area contributed by atoms with Gasteiger partial charge in [0.15, 0.2) is 0 Å². The van der Waals surface area contributed by atoms with Gasteiger partial charge in [-0.25, -0.2) is 4.79 Å². The monoisotopic (exact) mass is 454 g/mol. The summed E-state index contributed by atoms with van der Waals surface area (Å²) in [6.45, 7) is 0.486. The van der Waals surface area contributed by atoms with Gasteiger partial charge in [0, 0.05) is 12.5 Å². The van der Waals surface area contributed by atoms with Crippen LogP contribution in [0.2, 0.25) is 0 Å². The van der Waals surface area contributed by atoms with Crippen molar-refractivity contribution >= 4 is 18.0 Å². The fourth-order valence-corrected chi connectivity index (χ4v) is 4.34. The molecule has 9 heteroatoms. The third kappa shape index (κ3) is 5.15. The zero-order chi connectivity index (χ0) is 23.4. The van der Waals surface area contributed by atoms with E-state index in [1.54, 1.807) is 0 Å². The topological polar surface area (TPSA) is 134 Å². The number of carboxylic acids is 1. The van der Waals surface area contributed by atoms with E-state index < -0.39 is 42.6 Å². The van der Waals surface area contributed by atoms with Gasteiger partial charge in [0.2, 0.25) is 5.91 Å². The van der Waals surface area contributed by atoms with Crippen molar-refractivity contribution in [2.24, 2.45) is 0 Å². The van der Waals surface area contributed by atoms with E-state index in [9.17, 15) is 24.6 Å². The molecule has 0 spiro atoms. The minimum absolute atomic E-state index is 0.0416. The van der Waals surface area contributed by atoms with Gasteiger partial charge in [-0.1, -0.05) is 48.5 Å². The summed E-state index contributed by atoms with van der Waals surface area (Å²) in [5.74, 6) is -2.11. The Kier molecular flexibility index (Phi) is 6.90. The van der Waals surface area contributed by atoms with Crippen molar-refractivity contribution < 1.29 is 34.1 Å². The van der Waals surface area contributed by atoms with Crippen LogP contribution in [-0.4, -0.2) is 66.2 Å². The van der Waals surface area contributed by atoms with Crippen LogP contribution in [0.1, 0.15) is 29.9 Å². The molecular formula is C24H26N2O7. The van der Waals surface area contributed by atoms with E-state index in [2.05, 4.69) is 10.6 Å². The number of carboxylic acid groups (broad SMARTS) is 1. The van der Waals surface area contributed by atoms with Crippen LogP contribution in [0.5, 0.6) is 0 Å². The zero-order valence-corrected chi connectivity index (χ0v) is 17.9. The molecule has 4 rings (SSSR count). The molecule has 2 aromatic rings. The summed E-state index contributed by atoms with van der Waals surface area (Å²) in [4.78, 5) is 36.4. The van der Waals surface area contributed by atoms with E-state index in [0.29, 0.717) is 13.0 Å². The Hall–Kier alpha value is -3.43. The first kappa shape index (κ1) is 22.8. The predicted octanol–water partition coefficient (Wildman–Crippen LogP) is 1.63. The van der Waals surface area contributed by atoms with Crippen molar-refractivity contribution in [1.82, 2.24) is 10.6 Å². The number of hydrogen-bond acceptors (Lipinski definition) is 6. The number of ether oxygens (including phenoxy) is 2. The van der Waals surface area contributed by atoms with Crippen LogP contribution in [0.3, 0.4) is 0 Å². The molecular weight excluding hydrogens is 428 g/mol. The number of aliphatic hydroxyl groups is 1. The molecule has 0 saturated carbocycles. The molecule has 0 aromatic heterocycles. The van der Waals surface area contributed by atoms with Gasteiger partial charge >= 0.3 is 12.1 Å². The molecule has 1 fully saturated rings. The van der Waals surface area contributed by atoms with Crippen LogP contribution in [0.15, 0.2) is 48.5 Å². The van der Waals surface area contributed by atoms with Crippen molar-refractivity contribution in [2.45, 2.75) is 36.9 Å². The number of fused-ring (bicyclic) bond motifs is 3. The SMILES string of the molecule is O=C(O)CC(NC(=O)OCC1c2ccccc2-c2ccccc21)C(=O)NC1CCOCC1O. The van der Waals surface area contributed by atoms with Crippen LogP contribution in [0.4, 0.5) is 4.79 Å². The third-order valence-corrected chi connectivity index (χ3v) is 5.98. The molecule has 1 heterocycles. The lowest BCUT2D eigenvalue weighted by atomic mass is 9.98. The van der Waals surface area contributed by atoms with E-state index in [4.69, 9.17) is 9.47 Å². The third-order valence-electron chi connectivity index (χ3n) is 5.98. The number of carbonyl (C=O) groups excluding carboxylic acids is 2. The highest BCUT2D eigenvalue weighted by Crippen LogP contribution is 2.44. The molecule has 3 atom stereocenters. The van der Waals surface area contributed by atoms with Crippen molar-refractivity contribution in [3.05, 3.63) is 59.7 Å². The zero-order valence-electron chi connectivity index (χ0n) is 17.9. The van der Waals surface area contributed by atoms with Crippen molar-refractivity contribution in [3.63, 3.8) is 0 Å². The van der Waals surface area contributed by atoms with Crippen molar-refractivity contribution in [2.75, 3.05) is 19.8 Å². The normalized spacial score (nSPS) is 20.3. The van der Waals surface area contributed by atoms with Crippen molar-refractivity contribution in [3.8, 4) is 11.1 Å². The smallest absolute Gasteiger partial charge is 0.407 e. The maximum atomic E-state index is 12.6. The van der Waals surface area contributed by atoms with Gasteiger partial charge in [-0.2, -0.15) is 0 Å². The minimum Gasteiger partial charge on any atom is -0.481 e. The number of rotatable bonds is 7. The number of carbonyl (C=O) groups is 3. The molecule has 1 aliphatic heterocycles. The molecule has 1 aliphatic carbocycles. The highest BCUT2D eigenvalue weighted by Gasteiger charge is 2.32. The molecule has 9 nitrogen and oxygen atoms in total. The summed E-state index contributed by atoms with van der Waals surface area (Å²) in [5.41, 5.74) is 4.25. The standard InChI is InChI=1S/C24H26N2O7/c27-21-13-32-10-9-19(21)25-23(30)20(11-22(28)29)26-24(31)33-12-18-16-7-3-1-5-14(16)15-6-2-4-8-17(15)18/h1-8,18-21,27H,9-13H2,(H,25,30)(H,26,31)(H,28,29). The summed E-state index contributed by atoms with van der Waals surface area (Å²) in [5, 5.41) is 24.1.